The summed E-state index contributed by atoms with van der Waals surface area (Å²) >= 11 is -2.26. The van der Waals surface area contributed by atoms with Gasteiger partial charge in [-0.3, -0.25) is 4.21 Å². The van der Waals surface area contributed by atoms with Crippen LogP contribution in [-0.2, 0) is 16.1 Å². The highest BCUT2D eigenvalue weighted by Crippen LogP contribution is 1.84. The molecular weight excluding hydrogens is 142 g/mol. The molecule has 0 radical (unpaired) electrons. The van der Waals surface area contributed by atoms with E-state index < -0.39 is 11.3 Å². The first kappa shape index (κ1) is 8.74. The van der Waals surface area contributed by atoms with Crippen LogP contribution in [0.4, 0.5) is 0 Å². The van der Waals surface area contributed by atoms with E-state index in [0.717, 1.165) is 0 Å². The zero-order chi connectivity index (χ0) is 7.28. The van der Waals surface area contributed by atoms with E-state index in [1.165, 1.54) is 0 Å². The van der Waals surface area contributed by atoms with Crippen molar-refractivity contribution in [2.75, 3.05) is 0 Å². The summed E-state index contributed by atoms with van der Waals surface area (Å²) in [6.07, 6.45) is 0.887. The first-order chi connectivity index (χ1) is 4.16. The summed E-state index contributed by atoms with van der Waals surface area (Å²) in [4.78, 5) is 9.76. The summed E-state index contributed by atoms with van der Waals surface area (Å²) in [6, 6.07) is -0.291. The van der Waals surface area contributed by atoms with Gasteiger partial charge < -0.3 is 9.35 Å². The van der Waals surface area contributed by atoms with Gasteiger partial charge in [-0.1, -0.05) is 0 Å². The summed E-state index contributed by atoms with van der Waals surface area (Å²) < 4.78 is 21.8. The molecule has 0 aromatic heterocycles. The predicted molar refractivity (Wildman–Crippen MR) is 32.2 cm³/mol. The number of carbonyl (C=O) groups excluding carboxylic acids is 1. The Bertz CT molecular complexity index is 116. The molecule has 2 atom stereocenters. The van der Waals surface area contributed by atoms with Crippen LogP contribution in [0.15, 0.2) is 0 Å². The third-order valence-electron chi connectivity index (χ3n) is 0.747. The van der Waals surface area contributed by atoms with E-state index in [1.807, 2.05) is 0 Å². The van der Waals surface area contributed by atoms with Crippen molar-refractivity contribution in [2.24, 2.45) is 0 Å². The third kappa shape index (κ3) is 5.61. The molecule has 0 heterocycles. The smallest absolute Gasteiger partial charge is 0.121 e. The lowest BCUT2D eigenvalue weighted by molar-refractivity contribution is -0.108. The van der Waals surface area contributed by atoms with Crippen LogP contribution in [-0.4, -0.2) is 21.1 Å². The highest BCUT2D eigenvalue weighted by molar-refractivity contribution is 7.77. The Hall–Kier alpha value is -0.260. The van der Waals surface area contributed by atoms with Crippen LogP contribution < -0.4 is 4.72 Å². The normalized spacial score (nSPS) is 16.7. The average molecular weight is 150 g/mol. The van der Waals surface area contributed by atoms with E-state index in [2.05, 4.69) is 4.72 Å². The van der Waals surface area contributed by atoms with E-state index >= 15 is 0 Å². The molecule has 0 fully saturated rings. The molecule has 0 rings (SSSR count). The van der Waals surface area contributed by atoms with Crippen LogP contribution in [0.5, 0.6) is 0 Å². The average Bonchev–Trinajstić information content (AvgIpc) is 1.63. The van der Waals surface area contributed by atoms with Crippen LogP contribution >= 0.6 is 0 Å². The zero-order valence-corrected chi connectivity index (χ0v) is 5.81. The fourth-order valence-electron chi connectivity index (χ4n) is 0.357. The van der Waals surface area contributed by atoms with Gasteiger partial charge in [-0.25, -0.2) is 4.72 Å². The van der Waals surface area contributed by atoms with E-state index in [1.54, 1.807) is 6.92 Å². The van der Waals surface area contributed by atoms with Gasteiger partial charge in [0.25, 0.3) is 0 Å². The Morgan fingerprint density at radius 1 is 1.89 bits per heavy atom. The first-order valence-corrected chi connectivity index (χ1v) is 3.53. The molecule has 2 unspecified atom stereocenters. The van der Waals surface area contributed by atoms with Gasteiger partial charge in [0.2, 0.25) is 0 Å². The summed E-state index contributed by atoms with van der Waals surface area (Å²) in [5, 5.41) is 0. The molecule has 0 aromatic carbocycles. The topological polar surface area (TPSA) is 69.2 Å². The molecule has 5 heteroatoms. The lowest BCUT2D eigenvalue weighted by atomic mass is 10.3. The second kappa shape index (κ2) is 4.60. The van der Waals surface area contributed by atoms with Crippen LogP contribution in [0.3, 0.4) is 0 Å². The standard InChI is InChI=1S/C4H9NO3S/c1-4(2-3-6)5-9(7)8/h3-5H,2H2,1H3,(H,7,8)/p-1. The molecule has 0 saturated carbocycles. The van der Waals surface area contributed by atoms with Gasteiger partial charge in [0, 0.05) is 23.7 Å². The highest BCUT2D eigenvalue weighted by Gasteiger charge is 1.96. The van der Waals surface area contributed by atoms with Crippen LogP contribution in [0.2, 0.25) is 0 Å². The van der Waals surface area contributed by atoms with Crippen LogP contribution in [0, 0.1) is 0 Å². The third-order valence-corrected chi connectivity index (χ3v) is 1.34. The van der Waals surface area contributed by atoms with Crippen LogP contribution in [0.25, 0.3) is 0 Å². The van der Waals surface area contributed by atoms with E-state index in [4.69, 9.17) is 0 Å². The second-order valence-corrected chi connectivity index (χ2v) is 2.36. The van der Waals surface area contributed by atoms with Crippen molar-refractivity contribution < 1.29 is 13.6 Å². The Morgan fingerprint density at radius 3 is 2.78 bits per heavy atom. The van der Waals surface area contributed by atoms with Crippen molar-refractivity contribution in [3.63, 3.8) is 0 Å². The second-order valence-electron chi connectivity index (χ2n) is 1.66. The number of rotatable bonds is 4. The number of nitrogens with one attached hydrogen (secondary N) is 1. The lowest BCUT2D eigenvalue weighted by Crippen LogP contribution is -2.27. The van der Waals surface area contributed by atoms with E-state index in [-0.39, 0.29) is 12.5 Å². The molecule has 0 bridgehead atoms. The van der Waals surface area contributed by atoms with Gasteiger partial charge in [0.15, 0.2) is 0 Å². The Balaban J connectivity index is 3.37. The van der Waals surface area contributed by atoms with E-state index in [0.29, 0.717) is 6.29 Å². The summed E-state index contributed by atoms with van der Waals surface area (Å²) in [7, 11) is 0. The van der Waals surface area contributed by atoms with E-state index in [9.17, 15) is 13.6 Å². The van der Waals surface area contributed by atoms with Gasteiger partial charge in [-0.05, 0) is 6.92 Å². The molecule has 4 nitrogen and oxygen atoms in total. The zero-order valence-electron chi connectivity index (χ0n) is 4.99. The first-order valence-electron chi connectivity index (χ1n) is 2.46. The molecular formula is C4H8NO3S-. The van der Waals surface area contributed by atoms with Gasteiger partial charge in [0.1, 0.15) is 6.29 Å². The quantitative estimate of drug-likeness (QED) is 0.427. The largest absolute Gasteiger partial charge is 0.760 e. The predicted octanol–water partition coefficient (Wildman–Crippen LogP) is -0.652. The van der Waals surface area contributed by atoms with Crippen molar-refractivity contribution in [2.45, 2.75) is 19.4 Å². The molecule has 1 N–H and O–H groups in total. The van der Waals surface area contributed by atoms with Crippen molar-refractivity contribution in [1.82, 2.24) is 4.72 Å². The molecule has 9 heavy (non-hydrogen) atoms. The molecule has 0 aromatic rings. The summed E-state index contributed by atoms with van der Waals surface area (Å²) in [5.74, 6) is 0. The SMILES string of the molecule is CC(CC=O)NS(=O)[O-]. The summed E-state index contributed by atoms with van der Waals surface area (Å²) in [6.45, 7) is 1.62. The minimum atomic E-state index is -2.26. The molecule has 0 saturated heterocycles. The fraction of sp³-hybridized carbons (Fsp3) is 0.750. The number of carbonyl (C=O) groups is 1. The van der Waals surface area contributed by atoms with Crippen LogP contribution in [0.1, 0.15) is 13.3 Å². The molecule has 0 aliphatic carbocycles. The van der Waals surface area contributed by atoms with Gasteiger partial charge >= 0.3 is 0 Å². The maximum atomic E-state index is 9.86. The number of aldehydes is 1. The molecule has 0 aliphatic heterocycles. The maximum absolute atomic E-state index is 9.86. The fourth-order valence-corrected chi connectivity index (χ4v) is 0.781. The summed E-state index contributed by atoms with van der Waals surface area (Å²) in [5.41, 5.74) is 0. The van der Waals surface area contributed by atoms with Crippen molar-refractivity contribution >= 4 is 17.6 Å². The maximum Gasteiger partial charge on any atom is 0.121 e. The molecule has 0 spiro atoms. The molecule has 0 amide bonds. The van der Waals surface area contributed by atoms with Gasteiger partial charge in [-0.15, -0.1) is 0 Å². The minimum Gasteiger partial charge on any atom is -0.760 e. The van der Waals surface area contributed by atoms with Crippen molar-refractivity contribution in [3.05, 3.63) is 0 Å². The number of hydrogen-bond donors (Lipinski definition) is 1. The Kier molecular flexibility index (Phi) is 4.47. The lowest BCUT2D eigenvalue weighted by Gasteiger charge is -2.11. The Morgan fingerprint density at radius 2 is 2.44 bits per heavy atom. The Labute approximate surface area is 56.1 Å². The van der Waals surface area contributed by atoms with Crippen molar-refractivity contribution in [1.29, 1.82) is 0 Å². The highest BCUT2D eigenvalue weighted by atomic mass is 32.2. The van der Waals surface area contributed by atoms with Crippen molar-refractivity contribution in [3.8, 4) is 0 Å². The van der Waals surface area contributed by atoms with Gasteiger partial charge in [-0.2, -0.15) is 0 Å². The monoisotopic (exact) mass is 150 g/mol. The number of hydrogen-bond acceptors (Lipinski definition) is 3. The molecule has 54 valence electrons. The minimum absolute atomic E-state index is 0.216. The molecule has 0 aliphatic rings. The van der Waals surface area contributed by atoms with Gasteiger partial charge in [0.05, 0.1) is 0 Å².